The van der Waals surface area contributed by atoms with Gasteiger partial charge < -0.3 is 14.7 Å². The Bertz CT molecular complexity index is 451. The molecule has 0 spiro atoms. The summed E-state index contributed by atoms with van der Waals surface area (Å²) in [5, 5.41) is 20.0. The molecule has 1 aromatic rings. The number of rotatable bonds is 17. The van der Waals surface area contributed by atoms with Crippen LogP contribution in [0.5, 0.6) is 0 Å². The van der Waals surface area contributed by atoms with Gasteiger partial charge in [-0.2, -0.15) is 0 Å². The van der Waals surface area contributed by atoms with Gasteiger partial charge in [-0.05, 0) is 6.42 Å². The topological polar surface area (TPSA) is 40.5 Å². The average Bonchev–Trinajstić information content (AvgIpc) is 2.64. The van der Waals surface area contributed by atoms with E-state index in [2.05, 4.69) is 38.2 Å². The van der Waals surface area contributed by atoms with Crippen LogP contribution in [0.1, 0.15) is 83.1 Å². The van der Waals surface area contributed by atoms with Crippen LogP contribution in [0.3, 0.4) is 0 Å². The van der Waals surface area contributed by atoms with Crippen molar-refractivity contribution in [3.8, 4) is 0 Å². The second-order valence-electron chi connectivity index (χ2n) is 8.52. The minimum atomic E-state index is -0.278. The number of hydrogen-bond acceptors (Lipinski definition) is 2. The Kier molecular flexibility index (Phi) is 13.5. The highest BCUT2D eigenvalue weighted by molar-refractivity contribution is 5.13. The molecule has 0 bridgehead atoms. The van der Waals surface area contributed by atoms with Gasteiger partial charge in [-0.25, -0.2) is 0 Å². The third-order valence-electron chi connectivity index (χ3n) is 5.59. The molecule has 27 heavy (non-hydrogen) atoms. The minimum Gasteiger partial charge on any atom is -0.391 e. The van der Waals surface area contributed by atoms with E-state index in [9.17, 15) is 10.2 Å². The Hall–Kier alpha value is -0.900. The van der Waals surface area contributed by atoms with E-state index in [-0.39, 0.29) is 12.7 Å². The zero-order valence-corrected chi connectivity index (χ0v) is 17.9. The van der Waals surface area contributed by atoms with Crippen LogP contribution in [-0.2, 0) is 6.54 Å². The molecule has 0 aliphatic rings. The first kappa shape index (κ1) is 24.1. The van der Waals surface area contributed by atoms with Crippen molar-refractivity contribution in [1.29, 1.82) is 0 Å². The predicted octanol–water partition coefficient (Wildman–Crippen LogP) is 5.30. The van der Waals surface area contributed by atoms with Crippen molar-refractivity contribution in [3.63, 3.8) is 0 Å². The minimum absolute atomic E-state index is 0.161. The monoisotopic (exact) mass is 378 g/mol. The maximum atomic E-state index is 10.5. The first-order valence-corrected chi connectivity index (χ1v) is 11.3. The molecule has 3 heteroatoms. The average molecular weight is 379 g/mol. The lowest BCUT2D eigenvalue weighted by Gasteiger charge is -2.36. The van der Waals surface area contributed by atoms with Crippen LogP contribution < -0.4 is 0 Å². The van der Waals surface area contributed by atoms with Crippen LogP contribution in [0.25, 0.3) is 0 Å². The summed E-state index contributed by atoms with van der Waals surface area (Å²) in [6, 6.07) is 10.4. The molecule has 0 aliphatic carbocycles. The molecule has 0 aromatic heterocycles. The Morgan fingerprint density at radius 2 is 1.41 bits per heavy atom. The maximum absolute atomic E-state index is 10.5. The Balaban J connectivity index is 2.18. The van der Waals surface area contributed by atoms with Gasteiger partial charge in [0, 0.05) is 5.56 Å². The fourth-order valence-corrected chi connectivity index (χ4v) is 3.97. The number of nitrogens with zero attached hydrogens (tertiary/aromatic N) is 1. The van der Waals surface area contributed by atoms with E-state index in [1.807, 2.05) is 6.07 Å². The molecule has 0 heterocycles. The van der Waals surface area contributed by atoms with Crippen LogP contribution >= 0.6 is 0 Å². The first-order chi connectivity index (χ1) is 13.1. The van der Waals surface area contributed by atoms with Gasteiger partial charge >= 0.3 is 0 Å². The van der Waals surface area contributed by atoms with Gasteiger partial charge in [0.1, 0.15) is 25.7 Å². The molecule has 2 unspecified atom stereocenters. The van der Waals surface area contributed by atoms with Crippen LogP contribution in [0.15, 0.2) is 30.3 Å². The summed E-state index contributed by atoms with van der Waals surface area (Å²) < 4.78 is 0.694. The molecule has 0 radical (unpaired) electrons. The summed E-state index contributed by atoms with van der Waals surface area (Å²) in [7, 11) is 2.14. The molecule has 0 saturated carbocycles. The Morgan fingerprint density at radius 1 is 0.852 bits per heavy atom. The van der Waals surface area contributed by atoms with Gasteiger partial charge in [0.25, 0.3) is 0 Å². The number of hydrogen-bond donors (Lipinski definition) is 2. The molecule has 156 valence electrons. The summed E-state index contributed by atoms with van der Waals surface area (Å²) in [5.74, 6) is 0. The highest BCUT2D eigenvalue weighted by atomic mass is 16.3. The number of aliphatic hydroxyl groups excluding tert-OH is 2. The fourth-order valence-electron chi connectivity index (χ4n) is 3.97. The van der Waals surface area contributed by atoms with Crippen molar-refractivity contribution >= 4 is 0 Å². The number of likely N-dealkylation sites (N-methyl/N-ethyl adjacent to an activating group) is 1. The van der Waals surface area contributed by atoms with Crippen molar-refractivity contribution in [2.45, 2.75) is 90.2 Å². The third kappa shape index (κ3) is 12.2. The number of unbranched alkanes of at least 4 members (excludes halogenated alkanes) is 9. The number of aliphatic hydroxyl groups is 2. The third-order valence-corrected chi connectivity index (χ3v) is 5.59. The fraction of sp³-hybridized carbons (Fsp3) is 0.750. The van der Waals surface area contributed by atoms with Crippen LogP contribution in [0.2, 0.25) is 0 Å². The molecular formula is C24H44NO2+. The van der Waals surface area contributed by atoms with Crippen molar-refractivity contribution < 1.29 is 14.7 Å². The van der Waals surface area contributed by atoms with Gasteiger partial charge in [0.15, 0.2) is 0 Å². The Morgan fingerprint density at radius 3 is 1.96 bits per heavy atom. The molecule has 1 rings (SSSR count). The predicted molar refractivity (Wildman–Crippen MR) is 116 cm³/mol. The first-order valence-electron chi connectivity index (χ1n) is 11.3. The van der Waals surface area contributed by atoms with Gasteiger partial charge in [-0.3, -0.25) is 0 Å². The van der Waals surface area contributed by atoms with E-state index in [1.54, 1.807) is 0 Å². The molecule has 2 N–H and O–H groups in total. The zero-order chi connectivity index (χ0) is 19.8. The molecule has 0 aliphatic heterocycles. The molecule has 0 saturated heterocycles. The standard InChI is InChI=1S/C24H44NO2/c1-3-4-5-6-7-8-9-10-11-15-18-24(27)22-25(2,19-20-26)21-23-16-13-12-14-17-23/h12-14,16-17,24,26-27H,3-11,15,18-22H2,1-2H3/q+1. The van der Waals surface area contributed by atoms with Gasteiger partial charge in [-0.1, -0.05) is 101 Å². The van der Waals surface area contributed by atoms with Crippen LogP contribution in [0.4, 0.5) is 0 Å². The SMILES string of the molecule is CCCCCCCCCCCCC(O)C[N+](C)(CCO)Cc1ccccc1. The molecule has 3 nitrogen and oxygen atoms in total. The summed E-state index contributed by atoms with van der Waals surface area (Å²) in [4.78, 5) is 0. The highest BCUT2D eigenvalue weighted by Crippen LogP contribution is 2.16. The van der Waals surface area contributed by atoms with Crippen molar-refractivity contribution in [1.82, 2.24) is 0 Å². The summed E-state index contributed by atoms with van der Waals surface area (Å²) in [5.41, 5.74) is 1.26. The van der Waals surface area contributed by atoms with Gasteiger partial charge in [0.2, 0.25) is 0 Å². The van der Waals surface area contributed by atoms with E-state index in [4.69, 9.17) is 0 Å². The second-order valence-corrected chi connectivity index (χ2v) is 8.52. The lowest BCUT2D eigenvalue weighted by molar-refractivity contribution is -0.925. The second kappa shape index (κ2) is 15.1. The largest absolute Gasteiger partial charge is 0.391 e. The molecule has 0 amide bonds. The molecule has 0 fully saturated rings. The lowest BCUT2D eigenvalue weighted by Crippen LogP contribution is -2.49. The lowest BCUT2D eigenvalue weighted by atomic mass is 10.0. The molecular weight excluding hydrogens is 334 g/mol. The Labute approximate surface area is 168 Å². The summed E-state index contributed by atoms with van der Waals surface area (Å²) >= 11 is 0. The quantitative estimate of drug-likeness (QED) is 0.285. The zero-order valence-electron chi connectivity index (χ0n) is 17.9. The highest BCUT2D eigenvalue weighted by Gasteiger charge is 2.25. The van der Waals surface area contributed by atoms with Gasteiger partial charge in [-0.15, -0.1) is 0 Å². The molecule has 1 aromatic carbocycles. The van der Waals surface area contributed by atoms with Crippen LogP contribution in [0, 0.1) is 0 Å². The van der Waals surface area contributed by atoms with Crippen molar-refractivity contribution in [2.75, 3.05) is 26.7 Å². The van der Waals surface area contributed by atoms with E-state index >= 15 is 0 Å². The van der Waals surface area contributed by atoms with Gasteiger partial charge in [0.05, 0.1) is 13.7 Å². The normalized spacial score (nSPS) is 14.8. The summed E-state index contributed by atoms with van der Waals surface area (Å²) in [6.07, 6.45) is 13.8. The van der Waals surface area contributed by atoms with E-state index in [1.165, 1.54) is 63.4 Å². The smallest absolute Gasteiger partial charge is 0.105 e. The van der Waals surface area contributed by atoms with Crippen molar-refractivity contribution in [3.05, 3.63) is 35.9 Å². The number of benzene rings is 1. The van der Waals surface area contributed by atoms with E-state index < -0.39 is 0 Å². The number of quaternary nitrogens is 1. The van der Waals surface area contributed by atoms with E-state index in [0.717, 1.165) is 19.4 Å². The van der Waals surface area contributed by atoms with E-state index in [0.29, 0.717) is 17.6 Å². The molecule has 2 atom stereocenters. The summed E-state index contributed by atoms with van der Waals surface area (Å²) in [6.45, 7) is 4.68. The van der Waals surface area contributed by atoms with Crippen LogP contribution in [-0.4, -0.2) is 47.5 Å². The van der Waals surface area contributed by atoms with Crippen molar-refractivity contribution in [2.24, 2.45) is 0 Å². The maximum Gasteiger partial charge on any atom is 0.105 e.